The van der Waals surface area contributed by atoms with E-state index in [4.69, 9.17) is 4.98 Å². The molecular weight excluding hydrogens is 516 g/mol. The van der Waals surface area contributed by atoms with E-state index in [9.17, 15) is 13.2 Å². The molecule has 4 heterocycles. The monoisotopic (exact) mass is 558 g/mol. The van der Waals surface area contributed by atoms with Gasteiger partial charge in [0.15, 0.2) is 10.5 Å². The molecule has 0 amide bonds. The average molecular weight is 559 g/mol. The number of H-pyrrole nitrogens is 1. The Hall–Kier alpha value is -2.73. The van der Waals surface area contributed by atoms with Gasteiger partial charge in [-0.25, -0.2) is 18.4 Å². The third kappa shape index (κ3) is 5.63. The summed E-state index contributed by atoms with van der Waals surface area (Å²) in [6, 6.07) is 0. The Morgan fingerprint density at radius 1 is 1.05 bits per heavy atom. The summed E-state index contributed by atoms with van der Waals surface area (Å²) in [5, 5.41) is 4.83. The van der Waals surface area contributed by atoms with Crippen molar-refractivity contribution >= 4 is 27.0 Å². The summed E-state index contributed by atoms with van der Waals surface area (Å²) >= 11 is 0. The summed E-state index contributed by atoms with van der Waals surface area (Å²) in [7, 11) is -0.0473. The first-order chi connectivity index (χ1) is 18.7. The van der Waals surface area contributed by atoms with Crippen molar-refractivity contribution in [3.05, 3.63) is 28.1 Å². The van der Waals surface area contributed by atoms with Gasteiger partial charge in [-0.2, -0.15) is 9.40 Å². The zero-order chi connectivity index (χ0) is 27.7. The molecule has 0 unspecified atom stereocenters. The highest BCUT2D eigenvalue weighted by Gasteiger charge is 2.33. The molecule has 3 aromatic heterocycles. The highest BCUT2D eigenvalue weighted by molar-refractivity contribution is 7.89. The van der Waals surface area contributed by atoms with Crippen LogP contribution in [0.3, 0.4) is 0 Å². The number of aryl methyl sites for hydroxylation is 3. The second-order valence-electron chi connectivity index (χ2n) is 11.4. The van der Waals surface area contributed by atoms with Gasteiger partial charge < -0.3 is 9.47 Å². The van der Waals surface area contributed by atoms with Crippen molar-refractivity contribution in [1.82, 2.24) is 33.6 Å². The van der Waals surface area contributed by atoms with Gasteiger partial charge in [0.1, 0.15) is 11.3 Å². The number of imidazole rings is 1. The maximum atomic E-state index is 13.3. The number of aromatic amines is 1. The van der Waals surface area contributed by atoms with E-state index < -0.39 is 10.0 Å². The number of hydrogen-bond acceptors (Lipinski definition) is 7. The van der Waals surface area contributed by atoms with Crippen molar-refractivity contribution in [1.29, 1.82) is 0 Å². The number of sulfonamides is 1. The Bertz CT molecular complexity index is 1460. The number of hydrogen-bond donors (Lipinski definition) is 1. The third-order valence-corrected chi connectivity index (χ3v) is 10.5. The van der Waals surface area contributed by atoms with Crippen LogP contribution in [-0.2, 0) is 30.5 Å². The van der Waals surface area contributed by atoms with E-state index in [1.807, 2.05) is 0 Å². The van der Waals surface area contributed by atoms with E-state index in [1.165, 1.54) is 38.3 Å². The molecule has 214 valence electrons. The highest BCUT2D eigenvalue weighted by atomic mass is 32.2. The average Bonchev–Trinajstić information content (AvgIpc) is 3.43. The first kappa shape index (κ1) is 27.8. The van der Waals surface area contributed by atoms with Crippen molar-refractivity contribution < 1.29 is 8.42 Å². The lowest BCUT2D eigenvalue weighted by atomic mass is 9.88. The van der Waals surface area contributed by atoms with Gasteiger partial charge in [-0.05, 0) is 50.9 Å². The molecule has 2 aliphatic rings. The Morgan fingerprint density at radius 3 is 2.33 bits per heavy atom. The van der Waals surface area contributed by atoms with Crippen LogP contribution in [-0.4, -0.2) is 68.2 Å². The molecule has 1 aliphatic carbocycles. The van der Waals surface area contributed by atoms with Crippen LogP contribution < -0.4 is 10.5 Å². The standard InChI is InChI=1S/C27H42N8O3S/c1-5-9-22-24-25(33(4)31-22)26(36)30-27(29-24)34(17-20-10-7-6-8-11-20)18-21-12-14-35(15-13-21)39(37,38)23-16-28-19(2)32(23)3/h16,20-21H,5-15,17-18H2,1-4H3,(H,29,30,36). The van der Waals surface area contributed by atoms with Gasteiger partial charge in [-0.15, -0.1) is 0 Å². The van der Waals surface area contributed by atoms with Crippen LogP contribution in [0.25, 0.3) is 11.0 Å². The lowest BCUT2D eigenvalue weighted by Gasteiger charge is -2.36. The number of anilines is 1. The fourth-order valence-corrected chi connectivity index (χ4v) is 7.84. The Kier molecular flexibility index (Phi) is 8.14. The molecule has 0 bridgehead atoms. The quantitative estimate of drug-likeness (QED) is 0.428. The Morgan fingerprint density at radius 2 is 1.72 bits per heavy atom. The highest BCUT2D eigenvalue weighted by Crippen LogP contribution is 2.29. The maximum Gasteiger partial charge on any atom is 0.278 e. The van der Waals surface area contributed by atoms with E-state index in [0.717, 1.165) is 44.5 Å². The molecule has 1 N–H and O–H groups in total. The molecule has 0 spiro atoms. The summed E-state index contributed by atoms with van der Waals surface area (Å²) in [4.78, 5) is 27.7. The topological polar surface area (TPSA) is 122 Å². The predicted molar refractivity (Wildman–Crippen MR) is 151 cm³/mol. The maximum absolute atomic E-state index is 13.3. The van der Waals surface area contributed by atoms with E-state index in [0.29, 0.717) is 47.7 Å². The second kappa shape index (κ2) is 11.4. The van der Waals surface area contributed by atoms with E-state index in [2.05, 4.69) is 26.9 Å². The fraction of sp³-hybridized carbons (Fsp3) is 0.704. The normalized spacial score (nSPS) is 18.3. The molecule has 0 aromatic carbocycles. The number of nitrogens with one attached hydrogen (secondary N) is 1. The van der Waals surface area contributed by atoms with Crippen LogP contribution in [0.15, 0.2) is 16.0 Å². The molecule has 0 radical (unpaired) electrons. The molecule has 5 rings (SSSR count). The predicted octanol–water partition coefficient (Wildman–Crippen LogP) is 3.14. The molecule has 11 nitrogen and oxygen atoms in total. The van der Waals surface area contributed by atoms with Gasteiger partial charge in [-0.1, -0.05) is 32.6 Å². The first-order valence-corrected chi connectivity index (χ1v) is 15.8. The molecule has 1 aliphatic heterocycles. The zero-order valence-electron chi connectivity index (χ0n) is 23.7. The van der Waals surface area contributed by atoms with Gasteiger partial charge >= 0.3 is 0 Å². The van der Waals surface area contributed by atoms with Crippen LogP contribution in [0.5, 0.6) is 0 Å². The van der Waals surface area contributed by atoms with Crippen LogP contribution in [0, 0.1) is 18.8 Å². The van der Waals surface area contributed by atoms with Crippen molar-refractivity contribution in [3.8, 4) is 0 Å². The van der Waals surface area contributed by atoms with E-state index in [1.54, 1.807) is 34.6 Å². The fourth-order valence-electron chi connectivity index (χ4n) is 6.22. The Labute approximate surface area is 230 Å². The van der Waals surface area contributed by atoms with Gasteiger partial charge in [0.05, 0.1) is 11.9 Å². The van der Waals surface area contributed by atoms with Crippen LogP contribution in [0.2, 0.25) is 0 Å². The molecule has 39 heavy (non-hydrogen) atoms. The third-order valence-electron chi connectivity index (χ3n) is 8.57. The van der Waals surface area contributed by atoms with Crippen LogP contribution in [0.1, 0.15) is 69.8 Å². The van der Waals surface area contributed by atoms with Crippen molar-refractivity contribution in [2.45, 2.75) is 76.7 Å². The van der Waals surface area contributed by atoms with Crippen molar-refractivity contribution in [2.75, 3.05) is 31.1 Å². The van der Waals surface area contributed by atoms with Crippen molar-refractivity contribution in [2.24, 2.45) is 25.9 Å². The zero-order valence-corrected chi connectivity index (χ0v) is 24.5. The van der Waals surface area contributed by atoms with Crippen molar-refractivity contribution in [3.63, 3.8) is 0 Å². The minimum atomic E-state index is -3.59. The summed E-state index contributed by atoms with van der Waals surface area (Å²) in [6.07, 6.45) is 10.8. The molecule has 2 fully saturated rings. The smallest absolute Gasteiger partial charge is 0.278 e. The minimum absolute atomic E-state index is 0.159. The number of fused-ring (bicyclic) bond motifs is 1. The SMILES string of the molecule is CCCc1nn(C)c2c(=O)[nH]c(N(CC3CCCCC3)CC3CCN(S(=O)(=O)c4cnc(C)n4C)CC3)nc12. The van der Waals surface area contributed by atoms with Crippen LogP contribution >= 0.6 is 0 Å². The molecule has 3 aromatic rings. The number of aromatic nitrogens is 6. The molecular formula is C27H42N8O3S. The summed E-state index contributed by atoms with van der Waals surface area (Å²) in [5.74, 6) is 2.16. The summed E-state index contributed by atoms with van der Waals surface area (Å²) in [6.45, 7) is 6.45. The molecule has 0 atom stereocenters. The van der Waals surface area contributed by atoms with Gasteiger partial charge in [-0.3, -0.25) is 14.5 Å². The van der Waals surface area contributed by atoms with Crippen LogP contribution in [0.4, 0.5) is 5.95 Å². The number of piperidine rings is 1. The lowest BCUT2D eigenvalue weighted by molar-refractivity contribution is 0.268. The van der Waals surface area contributed by atoms with E-state index in [-0.39, 0.29) is 10.6 Å². The summed E-state index contributed by atoms with van der Waals surface area (Å²) < 4.78 is 31.4. The molecule has 1 saturated carbocycles. The van der Waals surface area contributed by atoms with E-state index >= 15 is 0 Å². The molecule has 1 saturated heterocycles. The van der Waals surface area contributed by atoms with Gasteiger partial charge in [0.25, 0.3) is 15.6 Å². The lowest BCUT2D eigenvalue weighted by Crippen LogP contribution is -2.43. The van der Waals surface area contributed by atoms with Gasteiger partial charge in [0, 0.05) is 40.3 Å². The first-order valence-electron chi connectivity index (χ1n) is 14.4. The second-order valence-corrected chi connectivity index (χ2v) is 13.3. The number of nitrogens with zero attached hydrogens (tertiary/aromatic N) is 7. The molecule has 12 heteroatoms. The van der Waals surface area contributed by atoms with Gasteiger partial charge in [0.2, 0.25) is 5.95 Å². The number of rotatable bonds is 9. The minimum Gasteiger partial charge on any atom is -0.342 e. The largest absolute Gasteiger partial charge is 0.342 e. The Balaban J connectivity index is 1.37. The summed E-state index contributed by atoms with van der Waals surface area (Å²) in [5.41, 5.74) is 1.92.